The second-order valence-electron chi connectivity index (χ2n) is 3.42. The van der Waals surface area contributed by atoms with Crippen LogP contribution in [0.2, 0.25) is 0 Å². The van der Waals surface area contributed by atoms with E-state index in [1.807, 2.05) is 6.92 Å². The zero-order valence-electron chi connectivity index (χ0n) is 7.29. The van der Waals surface area contributed by atoms with Crippen molar-refractivity contribution in [1.82, 2.24) is 0 Å². The first-order chi connectivity index (χ1) is 5.84. The van der Waals surface area contributed by atoms with E-state index in [9.17, 15) is 4.79 Å². The van der Waals surface area contributed by atoms with Crippen LogP contribution >= 0.6 is 0 Å². The third-order valence-electron chi connectivity index (χ3n) is 2.65. The van der Waals surface area contributed by atoms with Gasteiger partial charge in [0.2, 0.25) is 0 Å². The van der Waals surface area contributed by atoms with Crippen molar-refractivity contribution >= 4 is 5.97 Å². The maximum Gasteiger partial charge on any atom is 0.311 e. The van der Waals surface area contributed by atoms with Crippen molar-refractivity contribution < 1.29 is 14.3 Å². The summed E-state index contributed by atoms with van der Waals surface area (Å²) in [7, 11) is 0. The summed E-state index contributed by atoms with van der Waals surface area (Å²) in [5.41, 5.74) is 0. The van der Waals surface area contributed by atoms with Gasteiger partial charge >= 0.3 is 5.97 Å². The molecule has 0 aromatic rings. The Hall–Kier alpha value is -0.570. The normalized spacial score (nSPS) is 38.6. The highest BCUT2D eigenvalue weighted by Gasteiger charge is 2.57. The molecule has 1 aliphatic carbocycles. The van der Waals surface area contributed by atoms with Crippen LogP contribution < -0.4 is 0 Å². The number of hydrogen-bond donors (Lipinski definition) is 0. The van der Waals surface area contributed by atoms with Crippen molar-refractivity contribution in [1.29, 1.82) is 0 Å². The van der Waals surface area contributed by atoms with Crippen molar-refractivity contribution in [3.05, 3.63) is 0 Å². The molecule has 1 aliphatic heterocycles. The maximum atomic E-state index is 11.3. The van der Waals surface area contributed by atoms with Gasteiger partial charge in [0.25, 0.3) is 0 Å². The molecule has 0 amide bonds. The molecule has 0 aromatic heterocycles. The SMILES string of the molecule is CCOC(=O)[C@H]1[C@@H]2CCCO[C@@H]21. The minimum Gasteiger partial charge on any atom is -0.466 e. The lowest BCUT2D eigenvalue weighted by molar-refractivity contribution is -0.145. The molecule has 2 fully saturated rings. The molecule has 0 aromatic carbocycles. The molecule has 3 atom stereocenters. The van der Waals surface area contributed by atoms with Crippen LogP contribution in [0.25, 0.3) is 0 Å². The van der Waals surface area contributed by atoms with Crippen molar-refractivity contribution in [3.8, 4) is 0 Å². The standard InChI is InChI=1S/C9H14O3/c1-2-11-9(10)7-6-4-3-5-12-8(6)7/h6-8H,2-5H2,1H3/t6-,7-,8-/m0/s1. The van der Waals surface area contributed by atoms with Gasteiger partial charge in [-0.2, -0.15) is 0 Å². The minimum absolute atomic E-state index is 0.0607. The Bertz CT molecular complexity index is 178. The first-order valence-corrected chi connectivity index (χ1v) is 4.63. The molecule has 0 bridgehead atoms. The summed E-state index contributed by atoms with van der Waals surface area (Å²) in [6.07, 6.45) is 2.42. The molecule has 1 heterocycles. The van der Waals surface area contributed by atoms with E-state index in [-0.39, 0.29) is 18.0 Å². The third kappa shape index (κ3) is 1.22. The van der Waals surface area contributed by atoms with E-state index in [4.69, 9.17) is 9.47 Å². The Balaban J connectivity index is 1.87. The van der Waals surface area contributed by atoms with E-state index in [0.29, 0.717) is 12.5 Å². The Kier molecular flexibility index (Phi) is 2.05. The maximum absolute atomic E-state index is 11.3. The van der Waals surface area contributed by atoms with E-state index in [2.05, 4.69) is 0 Å². The molecule has 1 saturated carbocycles. The monoisotopic (exact) mass is 170 g/mol. The summed E-state index contributed by atoms with van der Waals surface area (Å²) in [6.45, 7) is 3.14. The molecule has 0 radical (unpaired) electrons. The Morgan fingerprint density at radius 1 is 1.67 bits per heavy atom. The van der Waals surface area contributed by atoms with Gasteiger partial charge < -0.3 is 9.47 Å². The van der Waals surface area contributed by atoms with Crippen LogP contribution in [-0.2, 0) is 14.3 Å². The molecular formula is C9H14O3. The first kappa shape index (κ1) is 8.05. The van der Waals surface area contributed by atoms with Crippen molar-refractivity contribution in [2.24, 2.45) is 11.8 Å². The average molecular weight is 170 g/mol. The van der Waals surface area contributed by atoms with Gasteiger partial charge in [0, 0.05) is 12.5 Å². The van der Waals surface area contributed by atoms with E-state index < -0.39 is 0 Å². The van der Waals surface area contributed by atoms with Gasteiger partial charge in [-0.25, -0.2) is 0 Å². The zero-order valence-corrected chi connectivity index (χ0v) is 7.29. The number of carbonyl (C=O) groups excluding carboxylic acids is 1. The third-order valence-corrected chi connectivity index (χ3v) is 2.65. The summed E-state index contributed by atoms with van der Waals surface area (Å²) >= 11 is 0. The summed E-state index contributed by atoms with van der Waals surface area (Å²) in [5, 5.41) is 0. The highest BCUT2D eigenvalue weighted by molar-refractivity contribution is 5.77. The van der Waals surface area contributed by atoms with Crippen molar-refractivity contribution in [2.45, 2.75) is 25.9 Å². The quantitative estimate of drug-likeness (QED) is 0.579. The van der Waals surface area contributed by atoms with Crippen LogP contribution in [0.4, 0.5) is 0 Å². The zero-order chi connectivity index (χ0) is 8.55. The topological polar surface area (TPSA) is 35.5 Å². The molecule has 0 spiro atoms. The predicted molar refractivity (Wildman–Crippen MR) is 42.6 cm³/mol. The average Bonchev–Trinajstić information content (AvgIpc) is 2.78. The van der Waals surface area contributed by atoms with Gasteiger partial charge in [-0.3, -0.25) is 4.79 Å². The smallest absolute Gasteiger partial charge is 0.311 e. The molecular weight excluding hydrogens is 156 g/mol. The summed E-state index contributed by atoms with van der Waals surface area (Å²) < 4.78 is 10.4. The van der Waals surface area contributed by atoms with E-state index >= 15 is 0 Å². The molecule has 1 saturated heterocycles. The van der Waals surface area contributed by atoms with Crippen LogP contribution in [0, 0.1) is 11.8 Å². The fraction of sp³-hybridized carbons (Fsp3) is 0.889. The molecule has 12 heavy (non-hydrogen) atoms. The number of fused-ring (bicyclic) bond motifs is 1. The van der Waals surface area contributed by atoms with Crippen molar-refractivity contribution in [3.63, 3.8) is 0 Å². The van der Waals surface area contributed by atoms with E-state index in [0.717, 1.165) is 19.4 Å². The first-order valence-electron chi connectivity index (χ1n) is 4.63. The van der Waals surface area contributed by atoms with Crippen LogP contribution in [0.1, 0.15) is 19.8 Å². The van der Waals surface area contributed by atoms with Gasteiger partial charge in [-0.15, -0.1) is 0 Å². The lowest BCUT2D eigenvalue weighted by Crippen LogP contribution is -2.10. The molecule has 68 valence electrons. The Labute approximate surface area is 72.0 Å². The number of ether oxygens (including phenoxy) is 2. The second kappa shape index (κ2) is 3.05. The largest absolute Gasteiger partial charge is 0.466 e. The predicted octanol–water partition coefficient (Wildman–Crippen LogP) is 0.974. The summed E-state index contributed by atoms with van der Waals surface area (Å²) in [6, 6.07) is 0. The lowest BCUT2D eigenvalue weighted by atomic mass is 10.2. The number of carbonyl (C=O) groups is 1. The van der Waals surface area contributed by atoms with E-state index in [1.54, 1.807) is 0 Å². The second-order valence-corrected chi connectivity index (χ2v) is 3.42. The molecule has 2 rings (SSSR count). The molecule has 3 nitrogen and oxygen atoms in total. The molecule has 3 heteroatoms. The Morgan fingerprint density at radius 3 is 3.08 bits per heavy atom. The van der Waals surface area contributed by atoms with Crippen LogP contribution in [0.15, 0.2) is 0 Å². The van der Waals surface area contributed by atoms with Crippen molar-refractivity contribution in [2.75, 3.05) is 13.2 Å². The molecule has 0 unspecified atom stereocenters. The van der Waals surface area contributed by atoms with Gasteiger partial charge in [0.05, 0.1) is 18.6 Å². The van der Waals surface area contributed by atoms with Gasteiger partial charge in [0.15, 0.2) is 0 Å². The Morgan fingerprint density at radius 2 is 2.50 bits per heavy atom. The highest BCUT2D eigenvalue weighted by Crippen LogP contribution is 2.48. The van der Waals surface area contributed by atoms with Gasteiger partial charge in [-0.05, 0) is 19.8 Å². The van der Waals surface area contributed by atoms with E-state index in [1.165, 1.54) is 0 Å². The number of esters is 1. The van der Waals surface area contributed by atoms with Crippen LogP contribution in [0.5, 0.6) is 0 Å². The highest BCUT2D eigenvalue weighted by atomic mass is 16.5. The fourth-order valence-corrected chi connectivity index (χ4v) is 2.00. The molecule has 2 aliphatic rings. The summed E-state index contributed by atoms with van der Waals surface area (Å²) in [4.78, 5) is 11.3. The van der Waals surface area contributed by atoms with Gasteiger partial charge in [-0.1, -0.05) is 0 Å². The van der Waals surface area contributed by atoms with Crippen LogP contribution in [0.3, 0.4) is 0 Å². The lowest BCUT2D eigenvalue weighted by Gasteiger charge is -2.07. The van der Waals surface area contributed by atoms with Gasteiger partial charge in [0.1, 0.15) is 0 Å². The minimum atomic E-state index is -0.0607. The number of rotatable bonds is 2. The van der Waals surface area contributed by atoms with Crippen LogP contribution in [-0.4, -0.2) is 25.3 Å². The molecule has 0 N–H and O–H groups in total. The fourth-order valence-electron chi connectivity index (χ4n) is 2.00. The summed E-state index contributed by atoms with van der Waals surface area (Å²) in [5.74, 6) is 0.472. The number of hydrogen-bond acceptors (Lipinski definition) is 3.